The van der Waals surface area contributed by atoms with E-state index in [9.17, 15) is 10.1 Å². The molecule has 0 N–H and O–H groups in total. The number of thioether (sulfide) groups is 1. The first-order valence-electron chi connectivity index (χ1n) is 6.73. The smallest absolute Gasteiger partial charge is 0.257 e. The van der Waals surface area contributed by atoms with E-state index in [0.29, 0.717) is 17.1 Å². The highest BCUT2D eigenvalue weighted by Crippen LogP contribution is 2.31. The van der Waals surface area contributed by atoms with Crippen LogP contribution in [0.5, 0.6) is 5.75 Å². The third-order valence-corrected chi connectivity index (χ3v) is 6.58. The van der Waals surface area contributed by atoms with E-state index in [1.54, 1.807) is 7.11 Å². The number of aliphatic imine (C=N–C) groups is 1. The summed E-state index contributed by atoms with van der Waals surface area (Å²) in [6, 6.07) is 7.87. The average Bonchev–Trinajstić information content (AvgIpc) is 2.93. The van der Waals surface area contributed by atoms with Crippen molar-refractivity contribution in [1.29, 1.82) is 5.26 Å². The molecule has 0 saturated heterocycles. The van der Waals surface area contributed by atoms with Crippen molar-refractivity contribution in [2.45, 2.75) is 0 Å². The number of benzene rings is 1. The van der Waals surface area contributed by atoms with Crippen LogP contribution in [0.15, 0.2) is 29.4 Å². The Bertz CT molecular complexity index is 913. The Morgan fingerprint density at radius 3 is 3.00 bits per heavy atom. The van der Waals surface area contributed by atoms with E-state index in [4.69, 9.17) is 4.74 Å². The summed E-state index contributed by atoms with van der Waals surface area (Å²) < 4.78 is 6.24. The van der Waals surface area contributed by atoms with E-state index in [1.807, 2.05) is 24.5 Å². The molecule has 23 heavy (non-hydrogen) atoms. The SMILES string of the molecule is COc1c(C#N)cnc2ccc(/C=S3/CC(=O)N=C3SC)cc12. The number of fused-ring (bicyclic) bond motifs is 1. The number of hydrogen-bond acceptors (Lipinski definition) is 5. The predicted molar refractivity (Wildman–Crippen MR) is 96.6 cm³/mol. The van der Waals surface area contributed by atoms with Gasteiger partial charge in [-0.2, -0.15) is 10.3 Å². The zero-order valence-electron chi connectivity index (χ0n) is 12.6. The maximum absolute atomic E-state index is 11.5. The van der Waals surface area contributed by atoms with Crippen molar-refractivity contribution in [3.05, 3.63) is 35.5 Å². The fourth-order valence-electron chi connectivity index (χ4n) is 2.36. The first-order valence-corrected chi connectivity index (χ1v) is 9.41. The van der Waals surface area contributed by atoms with E-state index in [2.05, 4.69) is 21.4 Å². The summed E-state index contributed by atoms with van der Waals surface area (Å²) in [5.41, 5.74) is 2.14. The van der Waals surface area contributed by atoms with Crippen molar-refractivity contribution < 1.29 is 9.53 Å². The Hall–Kier alpha value is -2.17. The molecule has 0 aliphatic carbocycles. The molecule has 1 atom stereocenters. The van der Waals surface area contributed by atoms with Crippen LogP contribution in [0.25, 0.3) is 10.9 Å². The molecule has 116 valence electrons. The van der Waals surface area contributed by atoms with Crippen LogP contribution in [-0.4, -0.2) is 39.8 Å². The number of methoxy groups -OCH3 is 1. The molecule has 0 radical (unpaired) electrons. The third kappa shape index (κ3) is 3.00. The monoisotopic (exact) mass is 343 g/mol. The molecule has 5 nitrogen and oxygen atoms in total. The van der Waals surface area contributed by atoms with Crippen molar-refractivity contribution in [3.8, 4) is 11.8 Å². The van der Waals surface area contributed by atoms with Gasteiger partial charge in [0.15, 0.2) is 0 Å². The summed E-state index contributed by atoms with van der Waals surface area (Å²) in [6.45, 7) is 0. The molecular weight excluding hydrogens is 330 g/mol. The van der Waals surface area contributed by atoms with E-state index < -0.39 is 0 Å². The summed E-state index contributed by atoms with van der Waals surface area (Å²) in [4.78, 5) is 19.9. The van der Waals surface area contributed by atoms with Crippen LogP contribution in [0.1, 0.15) is 11.1 Å². The van der Waals surface area contributed by atoms with E-state index >= 15 is 0 Å². The number of aromatic nitrogens is 1. The second-order valence-electron chi connectivity index (χ2n) is 4.76. The van der Waals surface area contributed by atoms with Gasteiger partial charge in [0.25, 0.3) is 5.91 Å². The number of nitriles is 1. The van der Waals surface area contributed by atoms with Crippen molar-refractivity contribution in [2.75, 3.05) is 19.1 Å². The van der Waals surface area contributed by atoms with E-state index in [0.717, 1.165) is 20.8 Å². The van der Waals surface area contributed by atoms with E-state index in [1.165, 1.54) is 18.0 Å². The summed E-state index contributed by atoms with van der Waals surface area (Å²) in [6.07, 6.45) is 3.44. The summed E-state index contributed by atoms with van der Waals surface area (Å²) in [7, 11) is 1.25. The van der Waals surface area contributed by atoms with Gasteiger partial charge in [-0.25, -0.2) is 0 Å². The van der Waals surface area contributed by atoms with Gasteiger partial charge in [0.05, 0.1) is 18.4 Å². The first kappa shape index (κ1) is 15.7. The molecular formula is C16H13N3O2S2. The summed E-state index contributed by atoms with van der Waals surface area (Å²) >= 11 is 1.51. The van der Waals surface area contributed by atoms with Gasteiger partial charge >= 0.3 is 0 Å². The minimum Gasteiger partial charge on any atom is -0.495 e. The van der Waals surface area contributed by atoms with Gasteiger partial charge in [-0.15, -0.1) is 22.2 Å². The second-order valence-corrected chi connectivity index (χ2v) is 7.58. The molecule has 2 aromatic rings. The fraction of sp³-hybridized carbons (Fsp3) is 0.188. The largest absolute Gasteiger partial charge is 0.495 e. The highest BCUT2D eigenvalue weighted by Gasteiger charge is 2.18. The zero-order chi connectivity index (χ0) is 16.4. The van der Waals surface area contributed by atoms with Crippen LogP contribution in [-0.2, 0) is 4.79 Å². The minimum absolute atomic E-state index is 0.0688. The molecule has 0 spiro atoms. The number of hydrogen-bond donors (Lipinski definition) is 0. The number of ether oxygens (including phenoxy) is 1. The molecule has 1 unspecified atom stereocenters. The van der Waals surface area contributed by atoms with Crippen LogP contribution in [0, 0.1) is 11.3 Å². The van der Waals surface area contributed by atoms with Gasteiger partial charge in [0.2, 0.25) is 0 Å². The van der Waals surface area contributed by atoms with Crippen LogP contribution in [0.2, 0.25) is 0 Å². The summed E-state index contributed by atoms with van der Waals surface area (Å²) in [5.74, 6) is 0.889. The predicted octanol–water partition coefficient (Wildman–Crippen LogP) is 2.79. The molecule has 0 bridgehead atoms. The lowest BCUT2D eigenvalue weighted by Gasteiger charge is -2.08. The molecule has 1 aromatic carbocycles. The number of pyridine rings is 1. The van der Waals surface area contributed by atoms with Gasteiger partial charge < -0.3 is 4.74 Å². The van der Waals surface area contributed by atoms with Crippen molar-refractivity contribution in [1.82, 2.24) is 4.98 Å². The van der Waals surface area contributed by atoms with Gasteiger partial charge in [0, 0.05) is 11.6 Å². The fourth-order valence-corrected chi connectivity index (χ4v) is 5.06. The molecule has 1 aliphatic rings. The average molecular weight is 343 g/mol. The lowest BCUT2D eigenvalue weighted by Crippen LogP contribution is -1.95. The number of carbonyl (C=O) groups is 1. The maximum atomic E-state index is 11.5. The molecule has 0 fully saturated rings. The molecule has 0 saturated carbocycles. The Morgan fingerprint density at radius 1 is 1.48 bits per heavy atom. The lowest BCUT2D eigenvalue weighted by molar-refractivity contribution is -0.115. The second kappa shape index (κ2) is 6.52. The number of rotatable bonds is 2. The van der Waals surface area contributed by atoms with E-state index in [-0.39, 0.29) is 16.4 Å². The highest BCUT2D eigenvalue weighted by molar-refractivity contribution is 8.46. The van der Waals surface area contributed by atoms with Crippen molar-refractivity contribution in [3.63, 3.8) is 0 Å². The van der Waals surface area contributed by atoms with Crippen LogP contribution in [0.3, 0.4) is 0 Å². The minimum atomic E-state index is -0.293. The standard InChI is InChI=1S/C16H13N3O2S2/c1-21-15-11(6-17)7-18-13-4-3-10(5-12(13)15)8-23-9-14(20)19-16(23)22-2/h3-5,7-8H,9H2,1-2H3. The molecule has 7 heteroatoms. The topological polar surface area (TPSA) is 75.3 Å². The van der Waals surface area contributed by atoms with Crippen molar-refractivity contribution >= 4 is 48.8 Å². The Labute approximate surface area is 140 Å². The number of amides is 1. The number of nitrogens with zero attached hydrogens (tertiary/aromatic N) is 3. The molecule has 3 rings (SSSR count). The van der Waals surface area contributed by atoms with Crippen molar-refractivity contribution in [2.24, 2.45) is 4.99 Å². The highest BCUT2D eigenvalue weighted by atomic mass is 32.2. The Kier molecular flexibility index (Phi) is 4.46. The maximum Gasteiger partial charge on any atom is 0.257 e. The first-order chi connectivity index (χ1) is 11.2. The molecule has 1 aliphatic heterocycles. The molecule has 2 heterocycles. The van der Waals surface area contributed by atoms with Crippen LogP contribution < -0.4 is 4.74 Å². The normalized spacial score (nSPS) is 17.3. The van der Waals surface area contributed by atoms with Gasteiger partial charge in [0.1, 0.15) is 21.8 Å². The quantitative estimate of drug-likeness (QED) is 0.784. The summed E-state index contributed by atoms with van der Waals surface area (Å²) in [5, 5.41) is 12.0. The van der Waals surface area contributed by atoms with Gasteiger partial charge in [-0.05, 0) is 29.3 Å². The number of carbonyl (C=O) groups excluding carboxylic acids is 1. The lowest BCUT2D eigenvalue weighted by atomic mass is 10.1. The van der Waals surface area contributed by atoms with Gasteiger partial charge in [-0.1, -0.05) is 6.07 Å². The van der Waals surface area contributed by atoms with Crippen LogP contribution >= 0.6 is 22.2 Å². The Balaban J connectivity index is 2.12. The molecule has 1 amide bonds. The third-order valence-electron chi connectivity index (χ3n) is 3.34. The Morgan fingerprint density at radius 2 is 2.30 bits per heavy atom. The zero-order valence-corrected chi connectivity index (χ0v) is 14.2. The molecule has 1 aromatic heterocycles. The van der Waals surface area contributed by atoms with Gasteiger partial charge in [-0.3, -0.25) is 9.78 Å². The van der Waals surface area contributed by atoms with Crippen LogP contribution in [0.4, 0.5) is 0 Å².